The summed E-state index contributed by atoms with van der Waals surface area (Å²) >= 11 is 0.456. The van der Waals surface area contributed by atoms with E-state index in [1.165, 1.54) is 6.07 Å². The van der Waals surface area contributed by atoms with Crippen molar-refractivity contribution in [2.75, 3.05) is 11.9 Å². The molecule has 106 valence electrons. The fourth-order valence-electron chi connectivity index (χ4n) is 1.40. The topological polar surface area (TPSA) is 41.1 Å². The summed E-state index contributed by atoms with van der Waals surface area (Å²) in [5.41, 5.74) is 0.507. The molecule has 0 atom stereocenters. The van der Waals surface area contributed by atoms with Crippen molar-refractivity contribution in [3.63, 3.8) is 0 Å². The molecule has 0 saturated heterocycles. The van der Waals surface area contributed by atoms with Crippen LogP contribution < -0.4 is 10.6 Å². The van der Waals surface area contributed by atoms with Gasteiger partial charge in [-0.25, -0.2) is 4.79 Å². The highest BCUT2D eigenvalue weighted by Gasteiger charge is 2.07. The van der Waals surface area contributed by atoms with Crippen molar-refractivity contribution < 1.29 is 13.6 Å². The summed E-state index contributed by atoms with van der Waals surface area (Å²) in [6, 6.07) is 6.09. The normalized spacial score (nSPS) is 10.8. The summed E-state index contributed by atoms with van der Waals surface area (Å²) in [6.07, 6.45) is 0.898. The molecule has 1 rings (SSSR count). The van der Waals surface area contributed by atoms with Crippen LogP contribution in [0.5, 0.6) is 0 Å². The van der Waals surface area contributed by atoms with Crippen molar-refractivity contribution in [1.29, 1.82) is 0 Å². The highest BCUT2D eigenvalue weighted by molar-refractivity contribution is 7.99. The summed E-state index contributed by atoms with van der Waals surface area (Å²) in [7, 11) is 0. The molecule has 0 bridgehead atoms. The maximum atomic E-state index is 12.2. The fourth-order valence-corrected chi connectivity index (χ4v) is 1.96. The van der Waals surface area contributed by atoms with Gasteiger partial charge in [-0.1, -0.05) is 31.7 Å². The third-order valence-electron chi connectivity index (χ3n) is 2.32. The zero-order chi connectivity index (χ0) is 14.3. The lowest BCUT2D eigenvalue weighted by atomic mass is 10.1. The number of alkyl halides is 2. The van der Waals surface area contributed by atoms with Crippen LogP contribution in [0, 0.1) is 5.92 Å². The van der Waals surface area contributed by atoms with E-state index in [1.807, 2.05) is 0 Å². The minimum atomic E-state index is -2.46. The van der Waals surface area contributed by atoms with Gasteiger partial charge in [-0.3, -0.25) is 0 Å². The average Bonchev–Trinajstić information content (AvgIpc) is 2.27. The molecule has 0 spiro atoms. The molecule has 0 radical (unpaired) electrons. The van der Waals surface area contributed by atoms with E-state index in [4.69, 9.17) is 0 Å². The van der Waals surface area contributed by atoms with E-state index in [2.05, 4.69) is 24.5 Å². The van der Waals surface area contributed by atoms with Gasteiger partial charge in [0.1, 0.15) is 0 Å². The molecular formula is C13H18F2N2OS. The summed E-state index contributed by atoms with van der Waals surface area (Å²) < 4.78 is 24.4. The molecule has 0 saturated carbocycles. The molecule has 0 aliphatic carbocycles. The second-order valence-electron chi connectivity index (χ2n) is 4.47. The molecule has 1 aromatic rings. The van der Waals surface area contributed by atoms with Crippen LogP contribution in [0.4, 0.5) is 19.3 Å². The van der Waals surface area contributed by atoms with E-state index in [9.17, 15) is 13.6 Å². The maximum absolute atomic E-state index is 12.2. The number of rotatable bonds is 6. The molecular weight excluding hydrogens is 270 g/mol. The Hall–Kier alpha value is -1.30. The third kappa shape index (κ3) is 7.00. The number of nitrogens with one attached hydrogen (secondary N) is 2. The molecule has 0 aromatic heterocycles. The number of hydrogen-bond donors (Lipinski definition) is 2. The monoisotopic (exact) mass is 288 g/mol. The van der Waals surface area contributed by atoms with Gasteiger partial charge in [0, 0.05) is 17.1 Å². The van der Waals surface area contributed by atoms with E-state index in [0.717, 1.165) is 6.42 Å². The predicted octanol–water partition coefficient (Wildman–Crippen LogP) is 4.17. The zero-order valence-corrected chi connectivity index (χ0v) is 11.8. The van der Waals surface area contributed by atoms with Crippen molar-refractivity contribution >= 4 is 23.5 Å². The minimum Gasteiger partial charge on any atom is -0.338 e. The molecule has 1 aromatic carbocycles. The number of thioether (sulfide) groups is 1. The number of carbonyl (C=O) groups is 1. The van der Waals surface area contributed by atoms with Gasteiger partial charge in [0.2, 0.25) is 0 Å². The Kier molecular flexibility index (Phi) is 6.62. The first-order valence-corrected chi connectivity index (χ1v) is 6.95. The number of urea groups is 1. The Morgan fingerprint density at radius 1 is 1.37 bits per heavy atom. The lowest BCUT2D eigenvalue weighted by molar-refractivity contribution is 0.251. The molecule has 19 heavy (non-hydrogen) atoms. The first-order chi connectivity index (χ1) is 8.97. The van der Waals surface area contributed by atoms with E-state index in [0.29, 0.717) is 34.8 Å². The molecule has 3 nitrogen and oxygen atoms in total. The molecule has 0 heterocycles. The Bertz CT molecular complexity index is 413. The third-order valence-corrected chi connectivity index (χ3v) is 3.03. The fraction of sp³-hybridized carbons (Fsp3) is 0.462. The first kappa shape index (κ1) is 15.8. The Morgan fingerprint density at radius 3 is 2.74 bits per heavy atom. The highest BCUT2D eigenvalue weighted by Crippen LogP contribution is 2.27. The second-order valence-corrected chi connectivity index (χ2v) is 5.53. The van der Waals surface area contributed by atoms with Gasteiger partial charge in [0.15, 0.2) is 0 Å². The smallest absolute Gasteiger partial charge is 0.319 e. The molecule has 0 aliphatic heterocycles. The van der Waals surface area contributed by atoms with E-state index in [1.54, 1.807) is 18.2 Å². The maximum Gasteiger partial charge on any atom is 0.319 e. The Labute approximate surface area is 116 Å². The van der Waals surface area contributed by atoms with Crippen LogP contribution in [-0.4, -0.2) is 18.3 Å². The Balaban J connectivity index is 2.45. The summed E-state index contributed by atoms with van der Waals surface area (Å²) in [4.78, 5) is 12.0. The van der Waals surface area contributed by atoms with Crippen molar-refractivity contribution in [1.82, 2.24) is 5.32 Å². The number of carbonyl (C=O) groups excluding carboxylic acids is 1. The number of anilines is 1. The minimum absolute atomic E-state index is 0.320. The van der Waals surface area contributed by atoms with Crippen LogP contribution in [0.1, 0.15) is 20.3 Å². The summed E-state index contributed by atoms with van der Waals surface area (Å²) in [6.45, 7) is 4.74. The van der Waals surface area contributed by atoms with Gasteiger partial charge in [-0.15, -0.1) is 0 Å². The molecule has 2 amide bonds. The van der Waals surface area contributed by atoms with Gasteiger partial charge in [-0.05, 0) is 30.5 Å². The van der Waals surface area contributed by atoms with Gasteiger partial charge in [0.25, 0.3) is 5.76 Å². The number of benzene rings is 1. The largest absolute Gasteiger partial charge is 0.338 e. The van der Waals surface area contributed by atoms with E-state index < -0.39 is 5.76 Å². The lowest BCUT2D eigenvalue weighted by Gasteiger charge is -2.09. The average molecular weight is 288 g/mol. The molecule has 0 fully saturated rings. The van der Waals surface area contributed by atoms with Crippen LogP contribution in [-0.2, 0) is 0 Å². The second kappa shape index (κ2) is 7.99. The SMILES string of the molecule is CC(C)CCNC(=O)Nc1cccc(SC(F)F)c1. The Morgan fingerprint density at radius 2 is 2.11 bits per heavy atom. The van der Waals surface area contributed by atoms with Crippen LogP contribution in [0.3, 0.4) is 0 Å². The standard InChI is InChI=1S/C13H18F2N2OS/c1-9(2)6-7-16-13(18)17-10-4-3-5-11(8-10)19-12(14)15/h3-5,8-9,12H,6-7H2,1-2H3,(H2,16,17,18). The molecule has 0 unspecified atom stereocenters. The van der Waals surface area contributed by atoms with Crippen LogP contribution >= 0.6 is 11.8 Å². The van der Waals surface area contributed by atoms with Gasteiger partial charge < -0.3 is 10.6 Å². The zero-order valence-electron chi connectivity index (χ0n) is 11.0. The highest BCUT2D eigenvalue weighted by atomic mass is 32.2. The van der Waals surface area contributed by atoms with Crippen molar-refractivity contribution in [2.45, 2.75) is 30.9 Å². The molecule has 6 heteroatoms. The van der Waals surface area contributed by atoms with Crippen molar-refractivity contribution in [3.05, 3.63) is 24.3 Å². The van der Waals surface area contributed by atoms with Crippen LogP contribution in [0.25, 0.3) is 0 Å². The van der Waals surface area contributed by atoms with Crippen LogP contribution in [0.2, 0.25) is 0 Å². The van der Waals surface area contributed by atoms with E-state index in [-0.39, 0.29) is 6.03 Å². The quantitative estimate of drug-likeness (QED) is 0.771. The van der Waals surface area contributed by atoms with Crippen LogP contribution in [0.15, 0.2) is 29.2 Å². The predicted molar refractivity (Wildman–Crippen MR) is 74.8 cm³/mol. The van der Waals surface area contributed by atoms with Gasteiger partial charge in [-0.2, -0.15) is 8.78 Å². The number of hydrogen-bond acceptors (Lipinski definition) is 2. The van der Waals surface area contributed by atoms with E-state index >= 15 is 0 Å². The molecule has 0 aliphatic rings. The first-order valence-electron chi connectivity index (χ1n) is 6.07. The number of halogens is 2. The lowest BCUT2D eigenvalue weighted by Crippen LogP contribution is -2.30. The summed E-state index contributed by atoms with van der Waals surface area (Å²) in [5.74, 6) is -1.94. The van der Waals surface area contributed by atoms with Gasteiger partial charge in [0.05, 0.1) is 0 Å². The summed E-state index contributed by atoms with van der Waals surface area (Å²) in [5, 5.41) is 5.34. The van der Waals surface area contributed by atoms with Gasteiger partial charge >= 0.3 is 6.03 Å². The molecule has 2 N–H and O–H groups in total. The van der Waals surface area contributed by atoms with Crippen molar-refractivity contribution in [2.24, 2.45) is 5.92 Å². The van der Waals surface area contributed by atoms with Crippen molar-refractivity contribution in [3.8, 4) is 0 Å². The number of amides is 2.